The molecule has 2 heteroatoms. The molecule has 0 radical (unpaired) electrons. The summed E-state index contributed by atoms with van der Waals surface area (Å²) in [5.74, 6) is 0.362. The first-order valence-corrected chi connectivity index (χ1v) is 2.52. The highest BCUT2D eigenvalue weighted by molar-refractivity contribution is 5.17. The number of hydrogen-bond donors (Lipinski definition) is 2. The maximum Gasteiger partial charge on any atom is 0.0936 e. The summed E-state index contributed by atoms with van der Waals surface area (Å²) in [7, 11) is 0. The highest BCUT2D eigenvalue weighted by atomic mass is 14.8. The number of hydrogen-bond acceptors (Lipinski definition) is 2. The molecule has 0 fully saturated rings. The van der Waals surface area contributed by atoms with Crippen molar-refractivity contribution < 1.29 is 0 Å². The minimum absolute atomic E-state index is 0.362. The summed E-state index contributed by atoms with van der Waals surface area (Å²) in [5, 5.41) is 0. The molecule has 0 amide bonds. The summed E-state index contributed by atoms with van der Waals surface area (Å²) < 4.78 is 0. The summed E-state index contributed by atoms with van der Waals surface area (Å²) in [5.41, 5.74) is 11.4. The Morgan fingerprint density at radius 2 is 1.88 bits per heavy atom. The predicted octanol–water partition coefficient (Wildman–Crippen LogP) is 0.711. The molecule has 0 bridgehead atoms. The van der Waals surface area contributed by atoms with E-state index in [1.165, 1.54) is 0 Å². The van der Waals surface area contributed by atoms with Crippen LogP contribution in [0.5, 0.6) is 0 Å². The molecule has 0 saturated heterocycles. The van der Waals surface area contributed by atoms with E-state index in [4.69, 9.17) is 11.5 Å². The van der Waals surface area contributed by atoms with Gasteiger partial charge in [0, 0.05) is 0 Å². The lowest BCUT2D eigenvalue weighted by Crippen LogP contribution is -2.07. The summed E-state index contributed by atoms with van der Waals surface area (Å²) in [6.45, 7) is 3.88. The van der Waals surface area contributed by atoms with Crippen molar-refractivity contribution in [3.63, 3.8) is 0 Å². The molecular formula is C6H12N2. The Bertz CT molecular complexity index is 118. The van der Waals surface area contributed by atoms with Gasteiger partial charge in [-0.25, -0.2) is 0 Å². The van der Waals surface area contributed by atoms with Crippen LogP contribution in [0.25, 0.3) is 0 Å². The first-order chi connectivity index (χ1) is 3.66. The third-order valence-corrected chi connectivity index (χ3v) is 0.850. The average Bonchev–Trinajstić information content (AvgIpc) is 1.65. The molecule has 0 aliphatic carbocycles. The molecule has 0 aliphatic rings. The van der Waals surface area contributed by atoms with Crippen molar-refractivity contribution in [2.75, 3.05) is 0 Å². The Balaban J connectivity index is 3.89. The molecule has 0 aromatic rings. The smallest absolute Gasteiger partial charge is 0.0936 e. The maximum absolute atomic E-state index is 5.17. The van der Waals surface area contributed by atoms with E-state index in [1.54, 1.807) is 6.08 Å². The lowest BCUT2D eigenvalue weighted by Gasteiger charge is -1.89. The molecule has 0 heterocycles. The van der Waals surface area contributed by atoms with Gasteiger partial charge in [-0.05, 0) is 19.9 Å². The van der Waals surface area contributed by atoms with Gasteiger partial charge in [0.1, 0.15) is 0 Å². The molecule has 8 heavy (non-hydrogen) atoms. The van der Waals surface area contributed by atoms with E-state index in [1.807, 2.05) is 19.9 Å². The molecule has 2 nitrogen and oxygen atoms in total. The van der Waals surface area contributed by atoms with Crippen molar-refractivity contribution in [3.05, 3.63) is 23.5 Å². The van der Waals surface area contributed by atoms with E-state index < -0.39 is 0 Å². The molecule has 0 saturated carbocycles. The van der Waals surface area contributed by atoms with Gasteiger partial charge in [0.2, 0.25) is 0 Å². The van der Waals surface area contributed by atoms with Crippen LogP contribution in [0.15, 0.2) is 23.5 Å². The van der Waals surface area contributed by atoms with Crippen molar-refractivity contribution in [2.45, 2.75) is 13.8 Å². The number of nitrogens with two attached hydrogens (primary N) is 2. The van der Waals surface area contributed by atoms with Gasteiger partial charge in [0.25, 0.3) is 0 Å². The van der Waals surface area contributed by atoms with Gasteiger partial charge in [-0.1, -0.05) is 11.6 Å². The molecule has 0 spiro atoms. The largest absolute Gasteiger partial charge is 0.386 e. The fourth-order valence-corrected chi connectivity index (χ4v) is 0.346. The fourth-order valence-electron chi connectivity index (χ4n) is 0.346. The van der Waals surface area contributed by atoms with Gasteiger partial charge in [0.05, 0.1) is 5.82 Å². The third kappa shape index (κ3) is 3.28. The van der Waals surface area contributed by atoms with Gasteiger partial charge in [-0.3, -0.25) is 0 Å². The zero-order chi connectivity index (χ0) is 6.57. The molecule has 46 valence electrons. The van der Waals surface area contributed by atoms with Crippen molar-refractivity contribution in [2.24, 2.45) is 11.5 Å². The normalized spacial score (nSPS) is 11.0. The third-order valence-electron chi connectivity index (χ3n) is 0.850. The molecule has 0 rings (SSSR count). The van der Waals surface area contributed by atoms with Gasteiger partial charge >= 0.3 is 0 Å². The molecule has 0 atom stereocenters. The van der Waals surface area contributed by atoms with Crippen LogP contribution >= 0.6 is 0 Å². The van der Waals surface area contributed by atoms with Crippen LogP contribution in [-0.4, -0.2) is 0 Å². The molecular weight excluding hydrogens is 100 g/mol. The fraction of sp³-hybridized carbons (Fsp3) is 0.333. The minimum Gasteiger partial charge on any atom is -0.386 e. The summed E-state index contributed by atoms with van der Waals surface area (Å²) >= 11 is 0. The number of allylic oxidation sites excluding steroid dienone is 3. The molecule has 4 N–H and O–H groups in total. The zero-order valence-electron chi connectivity index (χ0n) is 5.31. The first-order valence-electron chi connectivity index (χ1n) is 2.52. The molecule has 0 aliphatic heterocycles. The highest BCUT2D eigenvalue weighted by Crippen LogP contribution is 1.92. The van der Waals surface area contributed by atoms with Crippen LogP contribution < -0.4 is 11.5 Å². The monoisotopic (exact) mass is 112 g/mol. The van der Waals surface area contributed by atoms with Crippen molar-refractivity contribution >= 4 is 0 Å². The maximum atomic E-state index is 5.17. The second-order valence-corrected chi connectivity index (χ2v) is 1.68. The quantitative estimate of drug-likeness (QED) is 0.491. The highest BCUT2D eigenvalue weighted by Gasteiger charge is 1.78. The summed E-state index contributed by atoms with van der Waals surface area (Å²) in [6.07, 6.45) is 3.67. The van der Waals surface area contributed by atoms with E-state index in [9.17, 15) is 0 Å². The molecule has 0 aromatic carbocycles. The van der Waals surface area contributed by atoms with Crippen LogP contribution in [0.3, 0.4) is 0 Å². The summed E-state index contributed by atoms with van der Waals surface area (Å²) in [6, 6.07) is 0. The molecule has 0 aromatic heterocycles. The van der Waals surface area contributed by atoms with E-state index in [-0.39, 0.29) is 0 Å². The zero-order valence-corrected chi connectivity index (χ0v) is 5.31. The topological polar surface area (TPSA) is 52.0 Å². The van der Waals surface area contributed by atoms with Crippen molar-refractivity contribution in [3.8, 4) is 0 Å². The Labute approximate surface area is 49.9 Å². The van der Waals surface area contributed by atoms with Crippen molar-refractivity contribution in [1.29, 1.82) is 0 Å². The van der Waals surface area contributed by atoms with Crippen molar-refractivity contribution in [1.82, 2.24) is 0 Å². The van der Waals surface area contributed by atoms with E-state index in [0.29, 0.717) is 5.82 Å². The van der Waals surface area contributed by atoms with Crippen LogP contribution in [0.2, 0.25) is 0 Å². The van der Waals surface area contributed by atoms with Gasteiger partial charge < -0.3 is 11.5 Å². The second-order valence-electron chi connectivity index (χ2n) is 1.68. The van der Waals surface area contributed by atoms with Crippen LogP contribution in [0.4, 0.5) is 0 Å². The Kier molecular flexibility index (Phi) is 2.77. The molecule has 0 unspecified atom stereocenters. The van der Waals surface area contributed by atoms with Crippen LogP contribution in [0, 0.1) is 0 Å². The minimum atomic E-state index is 0.362. The van der Waals surface area contributed by atoms with Crippen LogP contribution in [0.1, 0.15) is 13.8 Å². The number of rotatable bonds is 1. The second kappa shape index (κ2) is 3.13. The van der Waals surface area contributed by atoms with E-state index in [0.717, 1.165) is 5.57 Å². The predicted molar refractivity (Wildman–Crippen MR) is 35.9 cm³/mol. The van der Waals surface area contributed by atoms with E-state index in [2.05, 4.69) is 0 Å². The lowest BCUT2D eigenvalue weighted by atomic mass is 10.3. The summed E-state index contributed by atoms with van der Waals surface area (Å²) in [4.78, 5) is 0. The standard InChI is InChI=1S/C6H12N2/c1-3-5(2)4-6(7)8/h3-4H,7-8H2,1-2H3/b5-3-. The Hall–Kier alpha value is -0.920. The SMILES string of the molecule is C/C=C(/C)C=C(N)N. The van der Waals surface area contributed by atoms with E-state index >= 15 is 0 Å². The van der Waals surface area contributed by atoms with Gasteiger partial charge in [-0.2, -0.15) is 0 Å². The van der Waals surface area contributed by atoms with Gasteiger partial charge in [0.15, 0.2) is 0 Å². The first kappa shape index (κ1) is 7.08. The Morgan fingerprint density at radius 1 is 1.38 bits per heavy atom. The van der Waals surface area contributed by atoms with Crippen LogP contribution in [-0.2, 0) is 0 Å². The Morgan fingerprint density at radius 3 is 2.00 bits per heavy atom. The van der Waals surface area contributed by atoms with Gasteiger partial charge in [-0.15, -0.1) is 0 Å². The lowest BCUT2D eigenvalue weighted by molar-refractivity contribution is 1.23. The average molecular weight is 112 g/mol.